The number of amides is 1. The van der Waals surface area contributed by atoms with Crippen LogP contribution in [-0.2, 0) is 11.3 Å². The molecule has 0 saturated heterocycles. The average Bonchev–Trinajstić information content (AvgIpc) is 3.11. The Morgan fingerprint density at radius 3 is 2.64 bits per heavy atom. The maximum atomic E-state index is 11.9. The molecule has 0 spiro atoms. The summed E-state index contributed by atoms with van der Waals surface area (Å²) in [4.78, 5) is 11.9. The molecule has 3 rings (SSSR count). The Hall–Kier alpha value is -3.08. The summed E-state index contributed by atoms with van der Waals surface area (Å²) in [5.41, 5.74) is 4.04. The SMILES string of the molecule is Cc1ccc(OCC(=O)NCc2cc(-c3ccccc3)no2)cc1C. The molecule has 1 amide bonds. The zero-order valence-electron chi connectivity index (χ0n) is 14.3. The third-order valence-corrected chi connectivity index (χ3v) is 3.94. The second-order valence-corrected chi connectivity index (χ2v) is 5.86. The van der Waals surface area contributed by atoms with Gasteiger partial charge in [0, 0.05) is 11.6 Å². The first-order valence-electron chi connectivity index (χ1n) is 8.09. The number of hydrogen-bond acceptors (Lipinski definition) is 4. The second kappa shape index (κ2) is 7.66. The van der Waals surface area contributed by atoms with Crippen LogP contribution in [0.25, 0.3) is 11.3 Å². The molecular formula is C20H20N2O3. The molecule has 5 nitrogen and oxygen atoms in total. The van der Waals surface area contributed by atoms with Crippen LogP contribution in [-0.4, -0.2) is 17.7 Å². The van der Waals surface area contributed by atoms with Gasteiger partial charge in [0.15, 0.2) is 12.4 Å². The summed E-state index contributed by atoms with van der Waals surface area (Å²) in [6.07, 6.45) is 0. The molecule has 1 heterocycles. The van der Waals surface area contributed by atoms with Gasteiger partial charge in [-0.3, -0.25) is 4.79 Å². The zero-order valence-corrected chi connectivity index (χ0v) is 14.3. The van der Waals surface area contributed by atoms with Crippen molar-refractivity contribution in [2.45, 2.75) is 20.4 Å². The van der Waals surface area contributed by atoms with E-state index in [1.165, 1.54) is 5.56 Å². The van der Waals surface area contributed by atoms with Gasteiger partial charge in [0.2, 0.25) is 0 Å². The highest BCUT2D eigenvalue weighted by atomic mass is 16.5. The van der Waals surface area contributed by atoms with Crippen LogP contribution < -0.4 is 10.1 Å². The molecule has 0 aliphatic rings. The largest absolute Gasteiger partial charge is 0.484 e. The smallest absolute Gasteiger partial charge is 0.258 e. The fraction of sp³-hybridized carbons (Fsp3) is 0.200. The number of aromatic nitrogens is 1. The Balaban J connectivity index is 1.49. The summed E-state index contributed by atoms with van der Waals surface area (Å²) in [5, 5.41) is 6.78. The number of hydrogen-bond donors (Lipinski definition) is 1. The number of rotatable bonds is 6. The van der Waals surface area contributed by atoms with Gasteiger partial charge in [-0.25, -0.2) is 0 Å². The maximum absolute atomic E-state index is 11.9. The zero-order chi connectivity index (χ0) is 17.6. The van der Waals surface area contributed by atoms with Crippen LogP contribution in [0.1, 0.15) is 16.9 Å². The van der Waals surface area contributed by atoms with Crippen LogP contribution in [0.2, 0.25) is 0 Å². The Morgan fingerprint density at radius 2 is 1.88 bits per heavy atom. The van der Waals surface area contributed by atoms with Crippen LogP contribution in [0.5, 0.6) is 5.75 Å². The summed E-state index contributed by atoms with van der Waals surface area (Å²) in [5.74, 6) is 1.07. The lowest BCUT2D eigenvalue weighted by Crippen LogP contribution is -2.28. The van der Waals surface area contributed by atoms with Gasteiger partial charge in [0.1, 0.15) is 11.4 Å². The van der Waals surface area contributed by atoms with Gasteiger partial charge in [-0.2, -0.15) is 0 Å². The van der Waals surface area contributed by atoms with Crippen molar-refractivity contribution in [3.8, 4) is 17.0 Å². The molecule has 0 aliphatic heterocycles. The molecular weight excluding hydrogens is 316 g/mol. The fourth-order valence-corrected chi connectivity index (χ4v) is 2.33. The molecule has 0 saturated carbocycles. The summed E-state index contributed by atoms with van der Waals surface area (Å²) in [6.45, 7) is 4.28. The molecule has 5 heteroatoms. The molecule has 0 fully saturated rings. The van der Waals surface area contributed by atoms with Crippen molar-refractivity contribution in [1.29, 1.82) is 0 Å². The highest BCUT2D eigenvalue weighted by Crippen LogP contribution is 2.18. The van der Waals surface area contributed by atoms with E-state index in [2.05, 4.69) is 10.5 Å². The summed E-state index contributed by atoms with van der Waals surface area (Å²) in [6, 6.07) is 17.3. The third kappa shape index (κ3) is 4.47. The van der Waals surface area contributed by atoms with Crippen LogP contribution in [0, 0.1) is 13.8 Å². The van der Waals surface area contributed by atoms with Gasteiger partial charge in [-0.15, -0.1) is 0 Å². The fourth-order valence-electron chi connectivity index (χ4n) is 2.33. The molecule has 2 aromatic carbocycles. The van der Waals surface area contributed by atoms with E-state index in [9.17, 15) is 4.79 Å². The van der Waals surface area contributed by atoms with Crippen molar-refractivity contribution in [2.24, 2.45) is 0 Å². The molecule has 3 aromatic rings. The average molecular weight is 336 g/mol. The van der Waals surface area contributed by atoms with Gasteiger partial charge in [0.05, 0.1) is 6.54 Å². The Bertz CT molecular complexity index is 856. The second-order valence-electron chi connectivity index (χ2n) is 5.86. The van der Waals surface area contributed by atoms with Gasteiger partial charge >= 0.3 is 0 Å². The van der Waals surface area contributed by atoms with E-state index in [4.69, 9.17) is 9.26 Å². The number of ether oxygens (including phenoxy) is 1. The molecule has 1 N–H and O–H groups in total. The van der Waals surface area contributed by atoms with E-state index in [-0.39, 0.29) is 19.1 Å². The van der Waals surface area contributed by atoms with E-state index in [1.807, 2.05) is 68.4 Å². The van der Waals surface area contributed by atoms with Crippen molar-refractivity contribution >= 4 is 5.91 Å². The Labute approximate surface area is 146 Å². The van der Waals surface area contributed by atoms with Gasteiger partial charge < -0.3 is 14.6 Å². The maximum Gasteiger partial charge on any atom is 0.258 e. The molecule has 0 aliphatic carbocycles. The molecule has 0 radical (unpaired) electrons. The molecule has 0 unspecified atom stereocenters. The first-order valence-corrected chi connectivity index (χ1v) is 8.09. The topological polar surface area (TPSA) is 64.4 Å². The van der Waals surface area contributed by atoms with Crippen LogP contribution in [0.3, 0.4) is 0 Å². The lowest BCUT2D eigenvalue weighted by molar-refractivity contribution is -0.123. The first-order chi connectivity index (χ1) is 12.1. The molecule has 128 valence electrons. The minimum absolute atomic E-state index is 0.0395. The summed E-state index contributed by atoms with van der Waals surface area (Å²) in [7, 11) is 0. The minimum atomic E-state index is -0.212. The Kier molecular flexibility index (Phi) is 5.14. The van der Waals surface area contributed by atoms with Crippen LogP contribution in [0.4, 0.5) is 0 Å². The standard InChI is InChI=1S/C20H20N2O3/c1-14-8-9-17(10-15(14)2)24-13-20(23)21-12-18-11-19(22-25-18)16-6-4-3-5-7-16/h3-11H,12-13H2,1-2H3,(H,21,23). The van der Waals surface area contributed by atoms with E-state index in [0.717, 1.165) is 16.8 Å². The normalized spacial score (nSPS) is 10.5. The Morgan fingerprint density at radius 1 is 1.08 bits per heavy atom. The van der Waals surface area contributed by atoms with E-state index >= 15 is 0 Å². The van der Waals surface area contributed by atoms with Gasteiger partial charge in [-0.1, -0.05) is 41.6 Å². The van der Waals surface area contributed by atoms with Gasteiger partial charge in [0.25, 0.3) is 5.91 Å². The highest BCUT2D eigenvalue weighted by Gasteiger charge is 2.08. The predicted molar refractivity (Wildman–Crippen MR) is 95.2 cm³/mol. The minimum Gasteiger partial charge on any atom is -0.484 e. The number of nitrogens with one attached hydrogen (secondary N) is 1. The van der Waals surface area contributed by atoms with Crippen molar-refractivity contribution in [3.05, 3.63) is 71.5 Å². The van der Waals surface area contributed by atoms with Crippen molar-refractivity contribution in [3.63, 3.8) is 0 Å². The van der Waals surface area contributed by atoms with Crippen molar-refractivity contribution < 1.29 is 14.1 Å². The predicted octanol–water partition coefficient (Wildman–Crippen LogP) is 3.65. The summed E-state index contributed by atoms with van der Waals surface area (Å²) < 4.78 is 10.8. The molecule has 1 aromatic heterocycles. The molecule has 0 atom stereocenters. The summed E-state index contributed by atoms with van der Waals surface area (Å²) >= 11 is 0. The number of aryl methyl sites for hydroxylation is 2. The van der Waals surface area contributed by atoms with Crippen molar-refractivity contribution in [2.75, 3.05) is 6.61 Å². The van der Waals surface area contributed by atoms with E-state index in [0.29, 0.717) is 11.5 Å². The van der Waals surface area contributed by atoms with Crippen LogP contribution >= 0.6 is 0 Å². The first kappa shape index (κ1) is 16.8. The lowest BCUT2D eigenvalue weighted by atomic mass is 10.1. The highest BCUT2D eigenvalue weighted by molar-refractivity contribution is 5.77. The van der Waals surface area contributed by atoms with E-state index < -0.39 is 0 Å². The van der Waals surface area contributed by atoms with Crippen molar-refractivity contribution in [1.82, 2.24) is 10.5 Å². The number of benzene rings is 2. The van der Waals surface area contributed by atoms with E-state index in [1.54, 1.807) is 0 Å². The van der Waals surface area contributed by atoms with Crippen LogP contribution in [0.15, 0.2) is 59.1 Å². The quantitative estimate of drug-likeness (QED) is 0.746. The number of carbonyl (C=O) groups is 1. The third-order valence-electron chi connectivity index (χ3n) is 3.94. The monoisotopic (exact) mass is 336 g/mol. The lowest BCUT2D eigenvalue weighted by Gasteiger charge is -2.08. The molecule has 25 heavy (non-hydrogen) atoms. The number of nitrogens with zero attached hydrogens (tertiary/aromatic N) is 1. The molecule has 0 bridgehead atoms. The van der Waals surface area contributed by atoms with Gasteiger partial charge in [-0.05, 0) is 37.1 Å². The number of carbonyl (C=O) groups excluding carboxylic acids is 1.